The first-order chi connectivity index (χ1) is 7.41. The third kappa shape index (κ3) is 7.64. The van der Waals surface area contributed by atoms with Crippen LogP contribution in [-0.2, 0) is 14.6 Å². The molecule has 0 heterocycles. The quantitative estimate of drug-likeness (QED) is 0.596. The Labute approximate surface area is 97.7 Å². The van der Waals surface area contributed by atoms with Crippen LogP contribution in [0, 0.1) is 0 Å². The molecule has 0 aromatic heterocycles. The van der Waals surface area contributed by atoms with Gasteiger partial charge in [-0.3, -0.25) is 4.79 Å². The minimum Gasteiger partial charge on any atom is -0.351 e. The average molecular weight is 250 g/mol. The molecule has 0 aliphatic heterocycles. The Morgan fingerprint density at radius 1 is 1.38 bits per heavy atom. The number of hydrogen-bond donors (Lipinski definition) is 2. The predicted octanol–water partition coefficient (Wildman–Crippen LogP) is 0.0548. The molecule has 0 aliphatic rings. The molecular formula is C10H22N2O3S. The Morgan fingerprint density at radius 2 is 2.00 bits per heavy atom. The van der Waals surface area contributed by atoms with Crippen LogP contribution in [0.2, 0.25) is 0 Å². The molecular weight excluding hydrogens is 228 g/mol. The Kier molecular flexibility index (Phi) is 7.33. The maximum atomic E-state index is 11.5. The first kappa shape index (κ1) is 15.4. The van der Waals surface area contributed by atoms with Crippen molar-refractivity contribution >= 4 is 15.7 Å². The van der Waals surface area contributed by atoms with E-state index < -0.39 is 21.5 Å². The highest BCUT2D eigenvalue weighted by Gasteiger charge is 2.16. The minimum atomic E-state index is -3.26. The normalized spacial score (nSPS) is 13.4. The number of carbonyl (C=O) groups excluding carboxylic acids is 1. The minimum absolute atomic E-state index is 0.0886. The topological polar surface area (TPSA) is 89.3 Å². The van der Waals surface area contributed by atoms with Crippen molar-refractivity contribution in [1.29, 1.82) is 0 Å². The van der Waals surface area contributed by atoms with Gasteiger partial charge in [-0.1, -0.05) is 19.8 Å². The van der Waals surface area contributed by atoms with Gasteiger partial charge in [-0.15, -0.1) is 0 Å². The first-order valence-electron chi connectivity index (χ1n) is 5.61. The SMILES string of the molecule is CCCCCS(=O)(=O)CC(=O)N[C@@H](C)CN. The van der Waals surface area contributed by atoms with Crippen molar-refractivity contribution < 1.29 is 13.2 Å². The van der Waals surface area contributed by atoms with E-state index in [9.17, 15) is 13.2 Å². The summed E-state index contributed by atoms with van der Waals surface area (Å²) >= 11 is 0. The van der Waals surface area contributed by atoms with Crippen LogP contribution in [0.25, 0.3) is 0 Å². The predicted molar refractivity (Wildman–Crippen MR) is 64.8 cm³/mol. The molecule has 3 N–H and O–H groups in total. The molecule has 16 heavy (non-hydrogen) atoms. The number of nitrogens with two attached hydrogens (primary N) is 1. The summed E-state index contributed by atoms with van der Waals surface area (Å²) in [6, 6.07) is -0.182. The van der Waals surface area contributed by atoms with Crippen molar-refractivity contribution in [1.82, 2.24) is 5.32 Å². The number of rotatable bonds is 8. The second kappa shape index (κ2) is 7.62. The average Bonchev–Trinajstić information content (AvgIpc) is 2.16. The summed E-state index contributed by atoms with van der Waals surface area (Å²) in [4.78, 5) is 11.3. The van der Waals surface area contributed by atoms with Gasteiger partial charge < -0.3 is 11.1 Å². The van der Waals surface area contributed by atoms with E-state index in [1.165, 1.54) is 0 Å². The number of carbonyl (C=O) groups is 1. The smallest absolute Gasteiger partial charge is 0.235 e. The van der Waals surface area contributed by atoms with Crippen LogP contribution in [0.5, 0.6) is 0 Å². The van der Waals surface area contributed by atoms with E-state index >= 15 is 0 Å². The number of unbranched alkanes of at least 4 members (excludes halogenated alkanes) is 2. The lowest BCUT2D eigenvalue weighted by Gasteiger charge is -2.11. The monoisotopic (exact) mass is 250 g/mol. The van der Waals surface area contributed by atoms with E-state index in [0.29, 0.717) is 13.0 Å². The Hall–Kier alpha value is -0.620. The van der Waals surface area contributed by atoms with Gasteiger partial charge in [-0.2, -0.15) is 0 Å². The van der Waals surface area contributed by atoms with Crippen LogP contribution in [0.15, 0.2) is 0 Å². The Bertz CT molecular complexity index is 301. The van der Waals surface area contributed by atoms with Gasteiger partial charge in [-0.25, -0.2) is 8.42 Å². The molecule has 5 nitrogen and oxygen atoms in total. The second-order valence-electron chi connectivity index (χ2n) is 4.00. The van der Waals surface area contributed by atoms with Gasteiger partial charge in [0.05, 0.1) is 5.75 Å². The molecule has 6 heteroatoms. The largest absolute Gasteiger partial charge is 0.351 e. The van der Waals surface area contributed by atoms with Gasteiger partial charge in [-0.05, 0) is 13.3 Å². The van der Waals surface area contributed by atoms with E-state index in [0.717, 1.165) is 12.8 Å². The fourth-order valence-electron chi connectivity index (χ4n) is 1.22. The molecule has 0 aromatic carbocycles. The van der Waals surface area contributed by atoms with Crippen LogP contribution >= 0.6 is 0 Å². The molecule has 0 radical (unpaired) electrons. The summed E-state index contributed by atoms with van der Waals surface area (Å²) in [6.45, 7) is 4.05. The molecule has 1 amide bonds. The zero-order valence-electron chi connectivity index (χ0n) is 10.0. The van der Waals surface area contributed by atoms with Crippen LogP contribution in [-0.4, -0.2) is 38.4 Å². The van der Waals surface area contributed by atoms with Crippen molar-refractivity contribution in [2.75, 3.05) is 18.1 Å². The molecule has 0 saturated heterocycles. The van der Waals surface area contributed by atoms with E-state index in [1.54, 1.807) is 6.92 Å². The molecule has 0 fully saturated rings. The number of amides is 1. The molecule has 0 spiro atoms. The van der Waals surface area contributed by atoms with Crippen LogP contribution in [0.1, 0.15) is 33.1 Å². The number of sulfone groups is 1. The van der Waals surface area contributed by atoms with E-state index in [-0.39, 0.29) is 11.8 Å². The van der Waals surface area contributed by atoms with Crippen molar-refractivity contribution in [3.63, 3.8) is 0 Å². The molecule has 0 aliphatic carbocycles. The van der Waals surface area contributed by atoms with E-state index in [2.05, 4.69) is 5.32 Å². The van der Waals surface area contributed by atoms with E-state index in [1.807, 2.05) is 6.92 Å². The molecule has 1 atom stereocenters. The Morgan fingerprint density at radius 3 is 2.50 bits per heavy atom. The fraction of sp³-hybridized carbons (Fsp3) is 0.900. The number of nitrogens with one attached hydrogen (secondary N) is 1. The third-order valence-corrected chi connectivity index (χ3v) is 3.78. The van der Waals surface area contributed by atoms with Gasteiger partial charge in [0.15, 0.2) is 9.84 Å². The standard InChI is InChI=1S/C10H22N2O3S/c1-3-4-5-6-16(14,15)8-10(13)12-9(2)7-11/h9H,3-8,11H2,1-2H3,(H,12,13)/t9-/m0/s1. The fourth-order valence-corrected chi connectivity index (χ4v) is 2.49. The lowest BCUT2D eigenvalue weighted by molar-refractivity contribution is -0.119. The molecule has 96 valence electrons. The first-order valence-corrected chi connectivity index (χ1v) is 7.43. The molecule has 0 aromatic rings. The van der Waals surface area contributed by atoms with Crippen molar-refractivity contribution in [2.45, 2.75) is 39.2 Å². The summed E-state index contributed by atoms with van der Waals surface area (Å²) < 4.78 is 23.0. The van der Waals surface area contributed by atoms with Gasteiger partial charge in [0.2, 0.25) is 5.91 Å². The van der Waals surface area contributed by atoms with Crippen molar-refractivity contribution in [2.24, 2.45) is 5.73 Å². The van der Waals surface area contributed by atoms with Crippen LogP contribution < -0.4 is 11.1 Å². The Balaban J connectivity index is 4.01. The summed E-state index contributed by atoms with van der Waals surface area (Å²) in [7, 11) is -3.26. The van der Waals surface area contributed by atoms with Crippen LogP contribution in [0.3, 0.4) is 0 Å². The summed E-state index contributed by atoms with van der Waals surface area (Å²) in [5.74, 6) is -0.804. The summed E-state index contributed by atoms with van der Waals surface area (Å²) in [6.07, 6.45) is 2.46. The van der Waals surface area contributed by atoms with Gasteiger partial charge in [0.1, 0.15) is 5.75 Å². The zero-order valence-corrected chi connectivity index (χ0v) is 10.8. The maximum absolute atomic E-state index is 11.5. The van der Waals surface area contributed by atoms with Gasteiger partial charge in [0.25, 0.3) is 0 Å². The highest BCUT2D eigenvalue weighted by Crippen LogP contribution is 2.00. The third-order valence-electron chi connectivity index (χ3n) is 2.17. The molecule has 0 unspecified atom stereocenters. The van der Waals surface area contributed by atoms with Gasteiger partial charge >= 0.3 is 0 Å². The lowest BCUT2D eigenvalue weighted by Crippen LogP contribution is -2.41. The summed E-state index contributed by atoms with van der Waals surface area (Å²) in [5.41, 5.74) is 5.32. The zero-order chi connectivity index (χ0) is 12.6. The van der Waals surface area contributed by atoms with Crippen molar-refractivity contribution in [3.8, 4) is 0 Å². The maximum Gasteiger partial charge on any atom is 0.235 e. The highest BCUT2D eigenvalue weighted by molar-refractivity contribution is 7.92. The molecule has 0 rings (SSSR count). The lowest BCUT2D eigenvalue weighted by atomic mass is 10.3. The summed E-state index contributed by atoms with van der Waals surface area (Å²) in [5, 5.41) is 2.53. The highest BCUT2D eigenvalue weighted by atomic mass is 32.2. The van der Waals surface area contributed by atoms with Gasteiger partial charge in [0, 0.05) is 12.6 Å². The van der Waals surface area contributed by atoms with Crippen LogP contribution in [0.4, 0.5) is 0 Å². The molecule has 0 saturated carbocycles. The van der Waals surface area contributed by atoms with Crippen molar-refractivity contribution in [3.05, 3.63) is 0 Å². The number of hydrogen-bond acceptors (Lipinski definition) is 4. The molecule has 0 bridgehead atoms. The second-order valence-corrected chi connectivity index (χ2v) is 6.19. The van der Waals surface area contributed by atoms with E-state index in [4.69, 9.17) is 5.73 Å².